The number of nitrogens with zero attached hydrogens (tertiary/aromatic N) is 5. The maximum atomic E-state index is 13.1. The van der Waals surface area contributed by atoms with Crippen LogP contribution in [-0.4, -0.2) is 145 Å². The molecule has 6 aromatic rings. The van der Waals surface area contributed by atoms with Gasteiger partial charge in [0, 0.05) is 47.3 Å². The molecule has 21 heteroatoms. The number of nitrogens with one attached hydrogen (secondary N) is 3. The molecule has 0 unspecified atom stereocenters. The molecule has 0 fully saturated rings. The molecule has 1 amide bonds. The molecule has 2 heterocycles. The first-order valence-corrected chi connectivity index (χ1v) is 26.1. The Morgan fingerprint density at radius 2 is 1.05 bits per heavy atom. The van der Waals surface area contributed by atoms with Crippen molar-refractivity contribution in [2.75, 3.05) is 82.1 Å². The van der Waals surface area contributed by atoms with Gasteiger partial charge >= 0.3 is 0 Å². The number of aromatic nitrogens is 4. The van der Waals surface area contributed by atoms with Crippen LogP contribution in [0.1, 0.15) is 45.0 Å². The maximum absolute atomic E-state index is 13.1. The van der Waals surface area contributed by atoms with Crippen molar-refractivity contribution in [3.63, 3.8) is 0 Å². The summed E-state index contributed by atoms with van der Waals surface area (Å²) in [7, 11) is 2.38. The number of carbonyl (C=O) groups excluding carboxylic acids is 2. The van der Waals surface area contributed by atoms with Crippen molar-refractivity contribution in [1.82, 2.24) is 38.8 Å². The third-order valence-corrected chi connectivity index (χ3v) is 15.7. The molecule has 0 saturated carbocycles. The topological polar surface area (TPSA) is 228 Å². The van der Waals surface area contributed by atoms with Gasteiger partial charge in [-0.25, -0.2) is 26.8 Å². The van der Waals surface area contributed by atoms with Gasteiger partial charge in [0.2, 0.25) is 26.0 Å². The minimum absolute atomic E-state index is 0.0991. The summed E-state index contributed by atoms with van der Waals surface area (Å²) in [6.07, 6.45) is 3.65. The average Bonchev–Trinajstić information content (AvgIpc) is 4.00. The van der Waals surface area contributed by atoms with Gasteiger partial charge in [-0.05, 0) is 117 Å². The summed E-state index contributed by atoms with van der Waals surface area (Å²) >= 11 is 0. The van der Waals surface area contributed by atoms with Crippen molar-refractivity contribution in [2.45, 2.75) is 64.4 Å². The smallest absolute Gasteiger partial charge is 0.295 e. The highest BCUT2D eigenvalue weighted by Gasteiger charge is 2.27. The molecule has 73 heavy (non-hydrogen) atoms. The highest BCUT2D eigenvalue weighted by molar-refractivity contribution is 7.89. The Morgan fingerprint density at radius 1 is 0.644 bits per heavy atom. The molecule has 0 spiro atoms. The fourth-order valence-corrected chi connectivity index (χ4v) is 10.6. The lowest BCUT2D eigenvalue weighted by atomic mass is 10.1. The van der Waals surface area contributed by atoms with Crippen LogP contribution in [0.3, 0.4) is 0 Å². The van der Waals surface area contributed by atoms with Gasteiger partial charge in [0.05, 0.1) is 61.0 Å². The monoisotopic (exact) mass is 1050 g/mol. The number of hydrogen-bond acceptors (Lipinski definition) is 14. The lowest BCUT2D eigenvalue weighted by Crippen LogP contribution is -2.33. The van der Waals surface area contributed by atoms with E-state index >= 15 is 0 Å². The third kappa shape index (κ3) is 17.1. The number of ether oxygens (including phenoxy) is 5. The number of rotatable bonds is 23. The minimum atomic E-state index is -3.71. The van der Waals surface area contributed by atoms with Crippen LogP contribution < -0.4 is 14.8 Å². The van der Waals surface area contributed by atoms with Crippen LogP contribution >= 0.6 is 0 Å². The van der Waals surface area contributed by atoms with Crippen LogP contribution in [-0.2, 0) is 56.9 Å². The SMILES string of the molecule is CNCc1ccc(-c2cnc(C)[nH]2)cc1.COc1cc(C)c(S(=O)(=O)N(C)CCOCC(=O)N(C)Cc2ccc(-c3cnc(C)[nH]3)cc2)c(C)c1.COc1cc(C)c(S(=O)(=O)N(C)CCOCOC=O)c(C)c1. The van der Waals surface area contributed by atoms with Gasteiger partial charge in [0.15, 0.2) is 6.79 Å². The molecule has 0 aliphatic heterocycles. The van der Waals surface area contributed by atoms with Crippen molar-refractivity contribution in [3.05, 3.63) is 130 Å². The van der Waals surface area contributed by atoms with E-state index in [4.69, 9.17) is 18.9 Å². The van der Waals surface area contributed by atoms with E-state index in [0.717, 1.165) is 40.7 Å². The third-order valence-electron chi connectivity index (χ3n) is 11.4. The Balaban J connectivity index is 0.000000264. The van der Waals surface area contributed by atoms with E-state index in [1.54, 1.807) is 77.2 Å². The Morgan fingerprint density at radius 3 is 1.42 bits per heavy atom. The lowest BCUT2D eigenvalue weighted by Gasteiger charge is -2.21. The molecule has 0 aliphatic rings. The van der Waals surface area contributed by atoms with Gasteiger partial charge in [0.1, 0.15) is 29.8 Å². The Kier molecular flexibility index (Phi) is 22.8. The van der Waals surface area contributed by atoms with Gasteiger partial charge in [-0.15, -0.1) is 0 Å². The van der Waals surface area contributed by atoms with Crippen molar-refractivity contribution < 1.29 is 50.1 Å². The molecule has 3 N–H and O–H groups in total. The average molecular weight is 1050 g/mol. The number of aryl methyl sites for hydroxylation is 6. The van der Waals surface area contributed by atoms with Gasteiger partial charge < -0.3 is 43.9 Å². The predicted octanol–water partition coefficient (Wildman–Crippen LogP) is 6.49. The standard InChI is InChI=1S/C26H34N4O5S.C14H21NO6S.C12H15N3/c1-18-13-23(34-6)14-19(2)26(18)36(32,33)30(5)11-12-35-17-25(31)29(4)16-21-7-9-22(10-8-21)24-15-27-20(3)28-24;1-11-7-13(19-4)8-12(2)14(11)22(17,18)15(3)5-6-20-10-21-9-16;1-9-14-8-12(15-9)11-5-3-10(4-6-11)7-13-2/h7-10,13-15H,11-12,16-17H2,1-6H3,(H,27,28);7-9H,5-6,10H2,1-4H3;3-6,8,13H,7H2,1-2H3,(H,14,15). The highest BCUT2D eigenvalue weighted by atomic mass is 32.2. The second kappa shape index (κ2) is 28.1. The number of hydrogen-bond donors (Lipinski definition) is 3. The Hall–Kier alpha value is -6.46. The van der Waals surface area contributed by atoms with Crippen molar-refractivity contribution in [1.29, 1.82) is 0 Å². The van der Waals surface area contributed by atoms with Gasteiger partial charge in [0.25, 0.3) is 6.47 Å². The van der Waals surface area contributed by atoms with E-state index in [9.17, 15) is 26.4 Å². The van der Waals surface area contributed by atoms with Crippen LogP contribution in [0.5, 0.6) is 11.5 Å². The van der Waals surface area contributed by atoms with Gasteiger partial charge in [-0.3, -0.25) is 9.59 Å². The lowest BCUT2D eigenvalue weighted by molar-refractivity contribution is -0.140. The number of sulfonamides is 2. The minimum Gasteiger partial charge on any atom is -0.497 e. The zero-order valence-corrected chi connectivity index (χ0v) is 45.5. The quantitative estimate of drug-likeness (QED) is 0.0354. The second-order valence-corrected chi connectivity index (χ2v) is 21.1. The summed E-state index contributed by atoms with van der Waals surface area (Å²) in [4.78, 5) is 39.4. The Labute approximate surface area is 430 Å². The number of H-pyrrole nitrogens is 2. The second-order valence-electron chi connectivity index (χ2n) is 17.1. The van der Waals surface area contributed by atoms with E-state index in [1.165, 1.54) is 40.9 Å². The number of aromatic amines is 2. The normalized spacial score (nSPS) is 11.4. The fraction of sp³-hybridized carbons (Fsp3) is 0.385. The summed E-state index contributed by atoms with van der Waals surface area (Å²) in [6, 6.07) is 23.2. The summed E-state index contributed by atoms with van der Waals surface area (Å²) < 4.78 is 79.1. The fourth-order valence-electron chi connectivity index (χ4n) is 7.51. The van der Waals surface area contributed by atoms with E-state index < -0.39 is 20.0 Å². The largest absolute Gasteiger partial charge is 0.497 e. The van der Waals surface area contributed by atoms with Crippen molar-refractivity contribution in [3.8, 4) is 34.0 Å². The van der Waals surface area contributed by atoms with Crippen molar-refractivity contribution in [2.24, 2.45) is 0 Å². The molecular weight excluding hydrogens is 977 g/mol. The van der Waals surface area contributed by atoms with E-state index in [2.05, 4.69) is 54.3 Å². The molecule has 0 bridgehead atoms. The van der Waals surface area contributed by atoms with Crippen LogP contribution in [0.15, 0.2) is 95.0 Å². The number of imidazole rings is 2. The molecule has 0 atom stereocenters. The first kappa shape index (κ1) is 59.1. The number of benzene rings is 4. The molecule has 0 radical (unpaired) electrons. The molecule has 4 aromatic carbocycles. The molecule has 396 valence electrons. The summed E-state index contributed by atoms with van der Waals surface area (Å²) in [6.45, 7) is 12.6. The maximum Gasteiger partial charge on any atom is 0.295 e. The van der Waals surface area contributed by atoms with Crippen LogP contribution in [0, 0.1) is 41.5 Å². The number of likely N-dealkylation sites (N-methyl/N-ethyl adjacent to an activating group) is 3. The molecule has 6 rings (SSSR count). The predicted molar refractivity (Wildman–Crippen MR) is 280 cm³/mol. The van der Waals surface area contributed by atoms with Gasteiger partial charge in [-0.2, -0.15) is 8.61 Å². The highest BCUT2D eigenvalue weighted by Crippen LogP contribution is 2.29. The molecule has 0 saturated heterocycles. The Bertz CT molecular complexity index is 2900. The summed E-state index contributed by atoms with van der Waals surface area (Å²) in [5.41, 5.74) is 8.96. The zero-order valence-electron chi connectivity index (χ0n) is 43.9. The molecular formula is C52H70N8O11S2. The van der Waals surface area contributed by atoms with E-state index in [1.807, 2.05) is 51.4 Å². The van der Waals surface area contributed by atoms with Crippen LogP contribution in [0.2, 0.25) is 0 Å². The van der Waals surface area contributed by atoms with Gasteiger partial charge in [-0.1, -0.05) is 48.5 Å². The number of methoxy groups -OCH3 is 2. The molecule has 19 nitrogen and oxygen atoms in total. The first-order chi connectivity index (χ1) is 34.7. The van der Waals surface area contributed by atoms with Crippen molar-refractivity contribution >= 4 is 32.4 Å². The molecule has 0 aliphatic carbocycles. The van der Waals surface area contributed by atoms with E-state index in [0.29, 0.717) is 40.3 Å². The van der Waals surface area contributed by atoms with Crippen LogP contribution in [0.4, 0.5) is 0 Å². The number of amides is 1. The van der Waals surface area contributed by atoms with Crippen LogP contribution in [0.25, 0.3) is 22.5 Å². The molecule has 2 aromatic heterocycles. The van der Waals surface area contributed by atoms with E-state index in [-0.39, 0.29) is 61.9 Å². The zero-order chi connectivity index (χ0) is 53.9. The first-order valence-electron chi connectivity index (χ1n) is 23.2. The summed E-state index contributed by atoms with van der Waals surface area (Å²) in [5.74, 6) is 2.85. The number of carbonyl (C=O) groups is 2. The summed E-state index contributed by atoms with van der Waals surface area (Å²) in [5, 5.41) is 3.13.